The summed E-state index contributed by atoms with van der Waals surface area (Å²) in [7, 11) is 0. The Labute approximate surface area is 110 Å². The van der Waals surface area contributed by atoms with Crippen LogP contribution in [0.4, 0.5) is 0 Å². The van der Waals surface area contributed by atoms with Crippen molar-refractivity contribution in [2.75, 3.05) is 13.1 Å². The fourth-order valence-corrected chi connectivity index (χ4v) is 1.16. The lowest BCUT2D eigenvalue weighted by Crippen LogP contribution is -2.38. The van der Waals surface area contributed by atoms with Gasteiger partial charge in [-0.2, -0.15) is 0 Å². The molecule has 0 aliphatic heterocycles. The molecule has 7 heteroatoms. The van der Waals surface area contributed by atoms with Crippen molar-refractivity contribution in [2.24, 2.45) is 5.92 Å². The SMILES string of the molecule is CC(C)CNC(=O)CNC(=O)c1cnc(Cl)cn1. The standard InChI is InChI=1S/C11H15ClN4O2/c1-7(2)3-15-10(17)6-16-11(18)8-4-14-9(12)5-13-8/h4-5,7H,3,6H2,1-2H3,(H,15,17)(H,16,18). The molecule has 0 aliphatic carbocycles. The molecule has 0 radical (unpaired) electrons. The summed E-state index contributed by atoms with van der Waals surface area (Å²) < 4.78 is 0. The van der Waals surface area contributed by atoms with Crippen molar-refractivity contribution in [3.8, 4) is 0 Å². The lowest BCUT2D eigenvalue weighted by Gasteiger charge is -2.08. The first kappa shape index (κ1) is 14.4. The van der Waals surface area contributed by atoms with Crippen LogP contribution in [0.1, 0.15) is 24.3 Å². The van der Waals surface area contributed by atoms with Crippen LogP contribution in [0.3, 0.4) is 0 Å². The molecule has 0 aromatic carbocycles. The first-order valence-electron chi connectivity index (χ1n) is 5.51. The average Bonchev–Trinajstić information content (AvgIpc) is 2.34. The van der Waals surface area contributed by atoms with Crippen molar-refractivity contribution in [1.82, 2.24) is 20.6 Å². The molecule has 1 aromatic rings. The predicted molar refractivity (Wildman–Crippen MR) is 67.2 cm³/mol. The monoisotopic (exact) mass is 270 g/mol. The zero-order valence-electron chi connectivity index (χ0n) is 10.2. The summed E-state index contributed by atoms with van der Waals surface area (Å²) in [5.41, 5.74) is 0.121. The Morgan fingerprint density at radius 3 is 2.56 bits per heavy atom. The van der Waals surface area contributed by atoms with Crippen LogP contribution in [0.15, 0.2) is 12.4 Å². The quantitative estimate of drug-likeness (QED) is 0.822. The first-order valence-corrected chi connectivity index (χ1v) is 5.89. The maximum absolute atomic E-state index is 11.6. The van der Waals surface area contributed by atoms with E-state index < -0.39 is 5.91 Å². The van der Waals surface area contributed by atoms with Crippen LogP contribution in [-0.4, -0.2) is 34.9 Å². The van der Waals surface area contributed by atoms with E-state index in [0.29, 0.717) is 12.5 Å². The molecule has 0 saturated carbocycles. The van der Waals surface area contributed by atoms with E-state index in [1.807, 2.05) is 13.8 Å². The van der Waals surface area contributed by atoms with Gasteiger partial charge in [-0.25, -0.2) is 9.97 Å². The first-order chi connectivity index (χ1) is 8.49. The predicted octanol–water partition coefficient (Wildman–Crippen LogP) is 0.632. The van der Waals surface area contributed by atoms with Gasteiger partial charge >= 0.3 is 0 Å². The third-order valence-corrected chi connectivity index (χ3v) is 2.17. The Balaban J connectivity index is 2.37. The molecule has 1 rings (SSSR count). The number of halogens is 1. The molecule has 0 saturated heterocycles. The van der Waals surface area contributed by atoms with Gasteiger partial charge in [-0.05, 0) is 5.92 Å². The zero-order chi connectivity index (χ0) is 13.5. The molecule has 0 fully saturated rings. The number of hydrogen-bond donors (Lipinski definition) is 2. The number of amides is 2. The largest absolute Gasteiger partial charge is 0.354 e. The Bertz CT molecular complexity index is 420. The van der Waals surface area contributed by atoms with Gasteiger partial charge < -0.3 is 10.6 Å². The summed E-state index contributed by atoms with van der Waals surface area (Å²) in [5.74, 6) is -0.329. The van der Waals surface area contributed by atoms with E-state index in [2.05, 4.69) is 20.6 Å². The summed E-state index contributed by atoms with van der Waals surface area (Å²) in [6, 6.07) is 0. The molecule has 1 aromatic heterocycles. The van der Waals surface area contributed by atoms with Crippen molar-refractivity contribution in [3.05, 3.63) is 23.2 Å². The summed E-state index contributed by atoms with van der Waals surface area (Å²) in [4.78, 5) is 30.4. The molecule has 1 heterocycles. The highest BCUT2D eigenvalue weighted by molar-refractivity contribution is 6.29. The van der Waals surface area contributed by atoms with Gasteiger partial charge in [0.05, 0.1) is 18.9 Å². The van der Waals surface area contributed by atoms with E-state index in [1.54, 1.807) is 0 Å². The number of carbonyl (C=O) groups excluding carboxylic acids is 2. The van der Waals surface area contributed by atoms with Crippen molar-refractivity contribution >= 4 is 23.4 Å². The van der Waals surface area contributed by atoms with Gasteiger partial charge in [-0.3, -0.25) is 9.59 Å². The molecule has 0 aliphatic rings. The number of hydrogen-bond acceptors (Lipinski definition) is 4. The van der Waals surface area contributed by atoms with Crippen LogP contribution >= 0.6 is 11.6 Å². The summed E-state index contributed by atoms with van der Waals surface area (Å²) in [5, 5.41) is 5.34. The van der Waals surface area contributed by atoms with Crippen molar-refractivity contribution in [1.29, 1.82) is 0 Å². The van der Waals surface area contributed by atoms with E-state index >= 15 is 0 Å². The molecule has 2 amide bonds. The fourth-order valence-electron chi connectivity index (χ4n) is 1.06. The maximum atomic E-state index is 11.6. The molecule has 0 unspecified atom stereocenters. The molecule has 6 nitrogen and oxygen atoms in total. The van der Waals surface area contributed by atoms with Crippen LogP contribution in [0.25, 0.3) is 0 Å². The highest BCUT2D eigenvalue weighted by Crippen LogP contribution is 2.00. The third kappa shape index (κ3) is 5.09. The van der Waals surface area contributed by atoms with Crippen LogP contribution in [0.2, 0.25) is 5.15 Å². The Kier molecular flexibility index (Phi) is 5.51. The minimum Gasteiger partial charge on any atom is -0.354 e. The van der Waals surface area contributed by atoms with Gasteiger partial charge in [-0.15, -0.1) is 0 Å². The molecule has 98 valence electrons. The molecule has 0 atom stereocenters. The summed E-state index contributed by atoms with van der Waals surface area (Å²) in [6.07, 6.45) is 2.53. The van der Waals surface area contributed by atoms with E-state index in [9.17, 15) is 9.59 Å². The molecule has 2 N–H and O–H groups in total. The van der Waals surface area contributed by atoms with Crippen molar-refractivity contribution in [2.45, 2.75) is 13.8 Å². The third-order valence-electron chi connectivity index (χ3n) is 1.97. The van der Waals surface area contributed by atoms with E-state index in [1.165, 1.54) is 12.4 Å². The number of carbonyl (C=O) groups is 2. The second-order valence-corrected chi connectivity index (χ2v) is 4.49. The molecule has 0 bridgehead atoms. The smallest absolute Gasteiger partial charge is 0.271 e. The summed E-state index contributed by atoms with van der Waals surface area (Å²) in [6.45, 7) is 4.47. The summed E-state index contributed by atoms with van der Waals surface area (Å²) >= 11 is 5.55. The van der Waals surface area contributed by atoms with Gasteiger partial charge in [0.2, 0.25) is 5.91 Å². The molecule has 18 heavy (non-hydrogen) atoms. The number of nitrogens with zero attached hydrogens (tertiary/aromatic N) is 2. The highest BCUT2D eigenvalue weighted by atomic mass is 35.5. The Hall–Kier alpha value is -1.69. The lowest BCUT2D eigenvalue weighted by atomic mass is 10.2. The molecule has 0 spiro atoms. The van der Waals surface area contributed by atoms with E-state index in [0.717, 1.165) is 0 Å². The van der Waals surface area contributed by atoms with Gasteiger partial charge in [0, 0.05) is 6.54 Å². The van der Waals surface area contributed by atoms with Gasteiger partial charge in [0.25, 0.3) is 5.91 Å². The average molecular weight is 271 g/mol. The normalized spacial score (nSPS) is 10.2. The zero-order valence-corrected chi connectivity index (χ0v) is 11.0. The van der Waals surface area contributed by atoms with Crippen LogP contribution in [-0.2, 0) is 4.79 Å². The van der Waals surface area contributed by atoms with Crippen molar-refractivity contribution < 1.29 is 9.59 Å². The highest BCUT2D eigenvalue weighted by Gasteiger charge is 2.09. The minimum absolute atomic E-state index is 0.0874. The van der Waals surface area contributed by atoms with Crippen LogP contribution in [0.5, 0.6) is 0 Å². The van der Waals surface area contributed by atoms with Crippen molar-refractivity contribution in [3.63, 3.8) is 0 Å². The number of nitrogens with one attached hydrogen (secondary N) is 2. The molecular formula is C11H15ClN4O2. The fraction of sp³-hybridized carbons (Fsp3) is 0.455. The second kappa shape index (κ2) is 6.90. The minimum atomic E-state index is -0.459. The second-order valence-electron chi connectivity index (χ2n) is 4.10. The lowest BCUT2D eigenvalue weighted by molar-refractivity contribution is -0.120. The molecular weight excluding hydrogens is 256 g/mol. The topological polar surface area (TPSA) is 84.0 Å². The van der Waals surface area contributed by atoms with Gasteiger partial charge in [0.1, 0.15) is 10.8 Å². The number of aromatic nitrogens is 2. The van der Waals surface area contributed by atoms with Crippen LogP contribution < -0.4 is 10.6 Å². The number of rotatable bonds is 5. The van der Waals surface area contributed by atoms with E-state index in [-0.39, 0.29) is 23.3 Å². The van der Waals surface area contributed by atoms with Gasteiger partial charge in [-0.1, -0.05) is 25.4 Å². The Morgan fingerprint density at radius 2 is 2.00 bits per heavy atom. The van der Waals surface area contributed by atoms with Crippen LogP contribution in [0, 0.1) is 5.92 Å². The Morgan fingerprint density at radius 1 is 1.28 bits per heavy atom. The van der Waals surface area contributed by atoms with Gasteiger partial charge in [0.15, 0.2) is 0 Å². The van der Waals surface area contributed by atoms with E-state index in [4.69, 9.17) is 11.6 Å². The maximum Gasteiger partial charge on any atom is 0.271 e.